The van der Waals surface area contributed by atoms with E-state index in [1.807, 2.05) is 13.0 Å². The van der Waals surface area contributed by atoms with Crippen LogP contribution in [0.25, 0.3) is 0 Å². The number of thiophene rings is 1. The van der Waals surface area contributed by atoms with Crippen molar-refractivity contribution in [2.24, 2.45) is 0 Å². The summed E-state index contributed by atoms with van der Waals surface area (Å²) >= 11 is 1.44. The summed E-state index contributed by atoms with van der Waals surface area (Å²) in [4.78, 5) is 1.80. The first-order chi connectivity index (χ1) is 8.11. The van der Waals surface area contributed by atoms with E-state index in [-0.39, 0.29) is 5.56 Å². The Morgan fingerprint density at radius 1 is 1.24 bits per heavy atom. The minimum Gasteiger partial charge on any atom is -0.383 e. The Kier molecular flexibility index (Phi) is 3.54. The molecular formula is C13H12F2OS. The Hall–Kier alpha value is -1.26. The van der Waals surface area contributed by atoms with Gasteiger partial charge in [0.15, 0.2) is 0 Å². The zero-order valence-corrected chi connectivity index (χ0v) is 10.1. The van der Waals surface area contributed by atoms with Gasteiger partial charge >= 0.3 is 0 Å². The van der Waals surface area contributed by atoms with E-state index in [0.717, 1.165) is 23.4 Å². The first kappa shape index (κ1) is 12.2. The van der Waals surface area contributed by atoms with Crippen LogP contribution >= 0.6 is 11.3 Å². The largest absolute Gasteiger partial charge is 0.383 e. The third kappa shape index (κ3) is 2.53. The van der Waals surface area contributed by atoms with Crippen molar-refractivity contribution in [2.45, 2.75) is 19.4 Å². The van der Waals surface area contributed by atoms with Crippen molar-refractivity contribution in [1.82, 2.24) is 0 Å². The molecule has 1 N–H and O–H groups in total. The lowest BCUT2D eigenvalue weighted by Gasteiger charge is -2.09. The van der Waals surface area contributed by atoms with E-state index in [9.17, 15) is 13.9 Å². The molecule has 0 fully saturated rings. The van der Waals surface area contributed by atoms with Crippen LogP contribution in [0.15, 0.2) is 30.3 Å². The van der Waals surface area contributed by atoms with E-state index in [0.29, 0.717) is 4.88 Å². The van der Waals surface area contributed by atoms with Crippen molar-refractivity contribution >= 4 is 11.3 Å². The third-order valence-electron chi connectivity index (χ3n) is 2.56. The fraction of sp³-hybridized carbons (Fsp3) is 0.231. The maximum atomic E-state index is 13.5. The summed E-state index contributed by atoms with van der Waals surface area (Å²) in [6.45, 7) is 2.01. The molecule has 1 unspecified atom stereocenters. The van der Waals surface area contributed by atoms with Crippen molar-refractivity contribution in [3.8, 4) is 0 Å². The molecular weight excluding hydrogens is 242 g/mol. The molecule has 2 rings (SSSR count). The first-order valence-corrected chi connectivity index (χ1v) is 6.15. The van der Waals surface area contributed by atoms with Gasteiger partial charge in [-0.25, -0.2) is 8.78 Å². The Balaban J connectivity index is 2.33. The SMILES string of the molecule is CCc1ccc(C(O)c2ccc(F)cc2F)s1. The van der Waals surface area contributed by atoms with E-state index in [2.05, 4.69) is 0 Å². The minimum atomic E-state index is -1.03. The molecule has 0 aliphatic heterocycles. The Labute approximate surface area is 102 Å². The van der Waals surface area contributed by atoms with Gasteiger partial charge in [-0.05, 0) is 24.6 Å². The highest BCUT2D eigenvalue weighted by molar-refractivity contribution is 7.12. The summed E-state index contributed by atoms with van der Waals surface area (Å²) < 4.78 is 26.2. The van der Waals surface area contributed by atoms with E-state index >= 15 is 0 Å². The number of aryl methyl sites for hydroxylation is 1. The van der Waals surface area contributed by atoms with Crippen molar-refractivity contribution in [2.75, 3.05) is 0 Å². The van der Waals surface area contributed by atoms with E-state index in [1.165, 1.54) is 17.4 Å². The predicted octanol–water partition coefficient (Wildman–Crippen LogP) is 3.67. The molecule has 0 aliphatic rings. The van der Waals surface area contributed by atoms with Crippen LogP contribution in [0.3, 0.4) is 0 Å². The normalized spacial score (nSPS) is 12.7. The van der Waals surface area contributed by atoms with Crippen LogP contribution in [-0.4, -0.2) is 5.11 Å². The summed E-state index contributed by atoms with van der Waals surface area (Å²) in [6, 6.07) is 6.89. The molecule has 0 saturated carbocycles. The Bertz CT molecular complexity index is 522. The van der Waals surface area contributed by atoms with E-state index in [1.54, 1.807) is 6.07 Å². The van der Waals surface area contributed by atoms with Gasteiger partial charge in [-0.2, -0.15) is 0 Å². The van der Waals surface area contributed by atoms with Crippen LogP contribution in [0, 0.1) is 11.6 Å². The molecule has 0 aliphatic carbocycles. The quantitative estimate of drug-likeness (QED) is 0.886. The van der Waals surface area contributed by atoms with Gasteiger partial charge < -0.3 is 5.11 Å². The molecule has 1 aromatic heterocycles. The molecule has 0 spiro atoms. The zero-order chi connectivity index (χ0) is 12.4. The lowest BCUT2D eigenvalue weighted by Crippen LogP contribution is -2.00. The summed E-state index contributed by atoms with van der Waals surface area (Å²) in [5.41, 5.74) is 0.107. The van der Waals surface area contributed by atoms with Gasteiger partial charge in [-0.3, -0.25) is 0 Å². The van der Waals surface area contributed by atoms with Gasteiger partial charge in [-0.15, -0.1) is 11.3 Å². The third-order valence-corrected chi connectivity index (χ3v) is 3.84. The van der Waals surface area contributed by atoms with Crippen LogP contribution in [0.1, 0.15) is 28.3 Å². The molecule has 2 aromatic rings. The summed E-state index contributed by atoms with van der Waals surface area (Å²) in [7, 11) is 0. The second-order valence-electron chi connectivity index (χ2n) is 3.73. The maximum absolute atomic E-state index is 13.5. The molecule has 17 heavy (non-hydrogen) atoms. The van der Waals surface area contributed by atoms with Gasteiger partial charge in [-0.1, -0.05) is 13.0 Å². The van der Waals surface area contributed by atoms with Gasteiger partial charge in [0, 0.05) is 21.4 Å². The number of halogens is 2. The molecule has 0 amide bonds. The van der Waals surface area contributed by atoms with Crippen molar-refractivity contribution in [1.29, 1.82) is 0 Å². The number of benzene rings is 1. The Morgan fingerprint density at radius 3 is 2.59 bits per heavy atom. The summed E-state index contributed by atoms with van der Waals surface area (Å²) in [5.74, 6) is -1.36. The van der Waals surface area contributed by atoms with Crippen LogP contribution < -0.4 is 0 Å². The molecule has 1 aromatic carbocycles. The molecule has 0 saturated heterocycles. The molecule has 1 atom stereocenters. The number of hydrogen-bond acceptors (Lipinski definition) is 2. The second kappa shape index (κ2) is 4.94. The molecule has 1 nitrogen and oxygen atoms in total. The summed E-state index contributed by atoms with van der Waals surface area (Å²) in [5, 5.41) is 10.0. The lowest BCUT2D eigenvalue weighted by molar-refractivity contribution is 0.218. The smallest absolute Gasteiger partial charge is 0.132 e. The molecule has 4 heteroatoms. The lowest BCUT2D eigenvalue weighted by atomic mass is 10.1. The highest BCUT2D eigenvalue weighted by Gasteiger charge is 2.17. The first-order valence-electron chi connectivity index (χ1n) is 5.33. The maximum Gasteiger partial charge on any atom is 0.132 e. The van der Waals surface area contributed by atoms with Crippen molar-refractivity contribution in [3.63, 3.8) is 0 Å². The van der Waals surface area contributed by atoms with Gasteiger partial charge in [0.2, 0.25) is 0 Å². The summed E-state index contributed by atoms with van der Waals surface area (Å²) in [6.07, 6.45) is -0.149. The predicted molar refractivity (Wildman–Crippen MR) is 64.1 cm³/mol. The van der Waals surface area contributed by atoms with Crippen LogP contribution in [0.4, 0.5) is 8.78 Å². The molecule has 90 valence electrons. The van der Waals surface area contributed by atoms with Crippen molar-refractivity contribution in [3.05, 3.63) is 57.3 Å². The molecule has 1 heterocycles. The minimum absolute atomic E-state index is 0.107. The van der Waals surface area contributed by atoms with E-state index in [4.69, 9.17) is 0 Å². The van der Waals surface area contributed by atoms with Gasteiger partial charge in [0.25, 0.3) is 0 Å². The van der Waals surface area contributed by atoms with Gasteiger partial charge in [0.1, 0.15) is 17.7 Å². The van der Waals surface area contributed by atoms with Gasteiger partial charge in [0.05, 0.1) is 0 Å². The monoisotopic (exact) mass is 254 g/mol. The number of hydrogen-bond donors (Lipinski definition) is 1. The number of aliphatic hydroxyl groups excluding tert-OH is 1. The fourth-order valence-electron chi connectivity index (χ4n) is 1.61. The Morgan fingerprint density at radius 2 is 2.00 bits per heavy atom. The molecule has 0 bridgehead atoms. The van der Waals surface area contributed by atoms with Crippen LogP contribution in [0.2, 0.25) is 0 Å². The molecule has 0 radical (unpaired) electrons. The highest BCUT2D eigenvalue weighted by atomic mass is 32.1. The van der Waals surface area contributed by atoms with Crippen molar-refractivity contribution < 1.29 is 13.9 Å². The fourth-order valence-corrected chi connectivity index (χ4v) is 2.57. The zero-order valence-electron chi connectivity index (χ0n) is 9.28. The average molecular weight is 254 g/mol. The van der Waals surface area contributed by atoms with Crippen LogP contribution in [0.5, 0.6) is 0 Å². The number of rotatable bonds is 3. The number of aliphatic hydroxyl groups is 1. The average Bonchev–Trinajstić information content (AvgIpc) is 2.76. The van der Waals surface area contributed by atoms with E-state index < -0.39 is 17.7 Å². The highest BCUT2D eigenvalue weighted by Crippen LogP contribution is 2.30. The second-order valence-corrected chi connectivity index (χ2v) is 4.93. The van der Waals surface area contributed by atoms with Crippen LogP contribution in [-0.2, 0) is 6.42 Å². The topological polar surface area (TPSA) is 20.2 Å². The standard InChI is InChI=1S/C13H12F2OS/c1-2-9-4-6-12(17-9)13(16)10-5-3-8(14)7-11(10)15/h3-7,13,16H,2H2,1H3.